The summed E-state index contributed by atoms with van der Waals surface area (Å²) in [6.45, 7) is 4.33. The predicted octanol–water partition coefficient (Wildman–Crippen LogP) is 2.25. The molecule has 5 nitrogen and oxygen atoms in total. The fourth-order valence-electron chi connectivity index (χ4n) is 2.44. The maximum atomic E-state index is 11.0. The van der Waals surface area contributed by atoms with Crippen molar-refractivity contribution in [3.8, 4) is 0 Å². The Balaban J connectivity index is 1.97. The summed E-state index contributed by atoms with van der Waals surface area (Å²) in [6.07, 6.45) is 3.63. The van der Waals surface area contributed by atoms with Crippen molar-refractivity contribution < 1.29 is 19.4 Å². The lowest BCUT2D eigenvalue weighted by Crippen LogP contribution is -2.34. The van der Waals surface area contributed by atoms with Gasteiger partial charge in [0.2, 0.25) is 0 Å². The Hall–Kier alpha value is -1.46. The van der Waals surface area contributed by atoms with Crippen molar-refractivity contribution in [3.05, 3.63) is 29.6 Å². The molecule has 1 aromatic rings. The highest BCUT2D eigenvalue weighted by Crippen LogP contribution is 2.22. The molecule has 1 fully saturated rings. The van der Waals surface area contributed by atoms with E-state index in [1.807, 2.05) is 13.8 Å². The van der Waals surface area contributed by atoms with Gasteiger partial charge in [-0.15, -0.1) is 0 Å². The average molecular weight is 265 g/mol. The minimum Gasteiger partial charge on any atom is -0.477 e. The molecule has 1 saturated heterocycles. The summed E-state index contributed by atoms with van der Waals surface area (Å²) in [7, 11) is 0. The maximum Gasteiger partial charge on any atom is 0.354 e. The van der Waals surface area contributed by atoms with Gasteiger partial charge in [-0.2, -0.15) is 0 Å². The van der Waals surface area contributed by atoms with Crippen molar-refractivity contribution in [2.24, 2.45) is 0 Å². The van der Waals surface area contributed by atoms with Crippen LogP contribution in [-0.2, 0) is 16.1 Å². The highest BCUT2D eigenvalue weighted by atomic mass is 16.5. The van der Waals surface area contributed by atoms with Gasteiger partial charge >= 0.3 is 5.97 Å². The van der Waals surface area contributed by atoms with E-state index in [1.165, 1.54) is 6.20 Å². The molecule has 1 aromatic heterocycles. The van der Waals surface area contributed by atoms with Crippen LogP contribution in [0.5, 0.6) is 0 Å². The summed E-state index contributed by atoms with van der Waals surface area (Å²) in [5.41, 5.74) is 0.678. The zero-order chi connectivity index (χ0) is 13.8. The largest absolute Gasteiger partial charge is 0.477 e. The second-order valence-electron chi connectivity index (χ2n) is 4.98. The number of ether oxygens (including phenoxy) is 2. The van der Waals surface area contributed by atoms with E-state index in [9.17, 15) is 4.79 Å². The summed E-state index contributed by atoms with van der Waals surface area (Å²) in [5.74, 6) is -1.02. The van der Waals surface area contributed by atoms with Crippen LogP contribution in [0.1, 0.15) is 42.7 Å². The molecule has 0 aromatic carbocycles. The fourth-order valence-corrected chi connectivity index (χ4v) is 2.44. The highest BCUT2D eigenvalue weighted by Gasteiger charge is 2.25. The smallest absolute Gasteiger partial charge is 0.354 e. The third-order valence-corrected chi connectivity index (χ3v) is 3.22. The third-order valence-electron chi connectivity index (χ3n) is 3.22. The van der Waals surface area contributed by atoms with Crippen LogP contribution >= 0.6 is 0 Å². The lowest BCUT2D eigenvalue weighted by atomic mass is 10.0. The second-order valence-corrected chi connectivity index (χ2v) is 4.98. The molecular weight excluding hydrogens is 246 g/mol. The molecule has 2 atom stereocenters. The van der Waals surface area contributed by atoms with Gasteiger partial charge in [-0.3, -0.25) is 0 Å². The highest BCUT2D eigenvalue weighted by molar-refractivity contribution is 5.86. The molecule has 0 radical (unpaired) electrons. The first-order valence-electron chi connectivity index (χ1n) is 6.50. The van der Waals surface area contributed by atoms with Crippen molar-refractivity contribution >= 4 is 5.97 Å². The monoisotopic (exact) mass is 265 g/mol. The Labute approximate surface area is 112 Å². The number of hydrogen-bond acceptors (Lipinski definition) is 4. The van der Waals surface area contributed by atoms with Crippen molar-refractivity contribution in [2.45, 2.75) is 51.6 Å². The predicted molar refractivity (Wildman–Crippen MR) is 69.0 cm³/mol. The molecular formula is C14H19NO4. The molecule has 2 heterocycles. The third kappa shape index (κ3) is 3.75. The van der Waals surface area contributed by atoms with E-state index < -0.39 is 5.97 Å². The Kier molecular flexibility index (Phi) is 4.50. The van der Waals surface area contributed by atoms with Crippen molar-refractivity contribution in [3.63, 3.8) is 0 Å². The Morgan fingerprint density at radius 3 is 2.79 bits per heavy atom. The maximum absolute atomic E-state index is 11.0. The van der Waals surface area contributed by atoms with E-state index in [-0.39, 0.29) is 30.6 Å². The van der Waals surface area contributed by atoms with Gasteiger partial charge in [-0.05, 0) is 32.8 Å². The molecule has 0 bridgehead atoms. The summed E-state index contributed by atoms with van der Waals surface area (Å²) >= 11 is 0. The van der Waals surface area contributed by atoms with E-state index >= 15 is 0 Å². The molecule has 1 aliphatic rings. The summed E-state index contributed by atoms with van der Waals surface area (Å²) in [4.78, 5) is 14.9. The fraction of sp³-hybridized carbons (Fsp3) is 0.571. The second kappa shape index (κ2) is 6.12. The Morgan fingerprint density at radius 1 is 1.47 bits per heavy atom. The number of carboxylic acids is 1. The molecule has 5 heteroatoms. The molecule has 1 aliphatic heterocycles. The van der Waals surface area contributed by atoms with Gasteiger partial charge in [0.15, 0.2) is 5.69 Å². The zero-order valence-electron chi connectivity index (χ0n) is 11.2. The number of carbonyl (C=O) groups is 1. The van der Waals surface area contributed by atoms with Gasteiger partial charge in [0.1, 0.15) is 0 Å². The van der Waals surface area contributed by atoms with Gasteiger partial charge in [-0.25, -0.2) is 9.78 Å². The van der Waals surface area contributed by atoms with Crippen LogP contribution < -0.4 is 0 Å². The minimum atomic E-state index is -1.02. The summed E-state index contributed by atoms with van der Waals surface area (Å²) in [6, 6.07) is 3.46. The van der Waals surface area contributed by atoms with E-state index in [4.69, 9.17) is 14.6 Å². The molecule has 19 heavy (non-hydrogen) atoms. The standard InChI is InChI=1S/C14H19NO4/c1-9-6-12(7-10(2)19-9)18-8-11-4-3-5-15-13(11)14(16)17/h3-5,9-10,12H,6-8H2,1-2H3,(H,16,17). The van der Waals surface area contributed by atoms with Crippen molar-refractivity contribution in [2.75, 3.05) is 0 Å². The molecule has 104 valence electrons. The summed E-state index contributed by atoms with van der Waals surface area (Å²) in [5, 5.41) is 9.05. The van der Waals surface area contributed by atoms with E-state index in [0.717, 1.165) is 12.8 Å². The number of hydrogen-bond donors (Lipinski definition) is 1. The molecule has 2 rings (SSSR count). The lowest BCUT2D eigenvalue weighted by Gasteiger charge is -2.32. The van der Waals surface area contributed by atoms with Gasteiger partial charge < -0.3 is 14.6 Å². The number of nitrogens with zero attached hydrogens (tertiary/aromatic N) is 1. The van der Waals surface area contributed by atoms with Crippen LogP contribution in [0.15, 0.2) is 18.3 Å². The SMILES string of the molecule is CC1CC(OCc2cccnc2C(=O)O)CC(C)O1. The Morgan fingerprint density at radius 2 is 2.16 bits per heavy atom. The molecule has 0 amide bonds. The van der Waals surface area contributed by atoms with Crippen LogP contribution in [0.2, 0.25) is 0 Å². The van der Waals surface area contributed by atoms with Crippen LogP contribution in [0.25, 0.3) is 0 Å². The number of aromatic nitrogens is 1. The zero-order valence-corrected chi connectivity index (χ0v) is 11.2. The van der Waals surface area contributed by atoms with Crippen LogP contribution in [0, 0.1) is 0 Å². The molecule has 0 aliphatic carbocycles. The average Bonchev–Trinajstić information content (AvgIpc) is 2.35. The van der Waals surface area contributed by atoms with Gasteiger partial charge in [0.05, 0.1) is 24.9 Å². The molecule has 1 N–H and O–H groups in total. The number of rotatable bonds is 4. The van der Waals surface area contributed by atoms with Gasteiger partial charge in [0.25, 0.3) is 0 Å². The minimum absolute atomic E-state index is 0.0654. The first kappa shape index (κ1) is 14.0. The van der Waals surface area contributed by atoms with Gasteiger partial charge in [-0.1, -0.05) is 6.07 Å². The lowest BCUT2D eigenvalue weighted by molar-refractivity contribution is -0.106. The summed E-state index contributed by atoms with van der Waals surface area (Å²) < 4.78 is 11.5. The van der Waals surface area contributed by atoms with Crippen LogP contribution in [-0.4, -0.2) is 34.4 Å². The number of carboxylic acid groups (broad SMARTS) is 1. The van der Waals surface area contributed by atoms with E-state index in [0.29, 0.717) is 5.56 Å². The topological polar surface area (TPSA) is 68.7 Å². The van der Waals surface area contributed by atoms with Crippen molar-refractivity contribution in [1.29, 1.82) is 0 Å². The quantitative estimate of drug-likeness (QED) is 0.904. The normalized spacial score (nSPS) is 27.2. The van der Waals surface area contributed by atoms with E-state index in [2.05, 4.69) is 4.98 Å². The molecule has 2 unspecified atom stereocenters. The molecule has 0 spiro atoms. The number of pyridine rings is 1. The Bertz CT molecular complexity index is 439. The van der Waals surface area contributed by atoms with Crippen molar-refractivity contribution in [1.82, 2.24) is 4.98 Å². The first-order valence-corrected chi connectivity index (χ1v) is 6.50. The van der Waals surface area contributed by atoms with Gasteiger partial charge in [0, 0.05) is 11.8 Å². The first-order chi connectivity index (χ1) is 9.06. The van der Waals surface area contributed by atoms with Crippen LogP contribution in [0.4, 0.5) is 0 Å². The van der Waals surface area contributed by atoms with E-state index in [1.54, 1.807) is 12.1 Å². The number of aromatic carboxylic acids is 1. The van der Waals surface area contributed by atoms with Crippen LogP contribution in [0.3, 0.4) is 0 Å². The molecule has 0 saturated carbocycles.